The van der Waals surface area contributed by atoms with E-state index in [1.165, 1.54) is 7.11 Å². The summed E-state index contributed by atoms with van der Waals surface area (Å²) in [6.45, 7) is 2.00. The molecular weight excluding hydrogens is 246 g/mol. The van der Waals surface area contributed by atoms with E-state index in [9.17, 15) is 9.90 Å². The van der Waals surface area contributed by atoms with Crippen molar-refractivity contribution in [3.63, 3.8) is 0 Å². The Balaban J connectivity index is 1.72. The lowest BCUT2D eigenvalue weighted by Gasteiger charge is -2.27. The Bertz CT molecular complexity index is 481. The van der Waals surface area contributed by atoms with Crippen molar-refractivity contribution in [3.8, 4) is 0 Å². The van der Waals surface area contributed by atoms with E-state index in [1.54, 1.807) is 4.90 Å². The molecule has 6 nitrogen and oxygen atoms in total. The van der Waals surface area contributed by atoms with Crippen LogP contribution >= 0.6 is 0 Å². The molecular formula is C13H19N3O3. The van der Waals surface area contributed by atoms with Crippen LogP contribution in [-0.4, -0.2) is 46.0 Å². The van der Waals surface area contributed by atoms with E-state index in [1.807, 2.05) is 10.7 Å². The van der Waals surface area contributed by atoms with Crippen LogP contribution in [0.2, 0.25) is 0 Å². The highest BCUT2D eigenvalue weighted by molar-refractivity contribution is 5.77. The highest BCUT2D eigenvalue weighted by atomic mass is 16.5. The molecule has 0 radical (unpaired) electrons. The Labute approximate surface area is 112 Å². The van der Waals surface area contributed by atoms with Crippen molar-refractivity contribution >= 4 is 5.91 Å². The van der Waals surface area contributed by atoms with Crippen LogP contribution in [0, 0.1) is 5.92 Å². The number of carbonyl (C=O) groups excluding carboxylic acids is 1. The van der Waals surface area contributed by atoms with Crippen molar-refractivity contribution in [2.24, 2.45) is 5.92 Å². The number of aromatic nitrogens is 2. The number of aliphatic hydroxyl groups excluding tert-OH is 1. The summed E-state index contributed by atoms with van der Waals surface area (Å²) < 4.78 is 6.77. The summed E-state index contributed by atoms with van der Waals surface area (Å²) in [7, 11) is 1.52. The van der Waals surface area contributed by atoms with Gasteiger partial charge in [-0.1, -0.05) is 0 Å². The fourth-order valence-electron chi connectivity index (χ4n) is 2.51. The lowest BCUT2D eigenvalue weighted by atomic mass is 10.1. The molecule has 0 unspecified atom stereocenters. The molecule has 1 amide bonds. The minimum atomic E-state index is -0.443. The predicted octanol–water partition coefficient (Wildman–Crippen LogP) is 0.315. The van der Waals surface area contributed by atoms with Gasteiger partial charge >= 0.3 is 0 Å². The first-order valence-electron chi connectivity index (χ1n) is 6.70. The molecule has 0 bridgehead atoms. The average molecular weight is 265 g/mol. The van der Waals surface area contributed by atoms with E-state index in [4.69, 9.17) is 4.74 Å². The van der Waals surface area contributed by atoms with Crippen LogP contribution in [0.15, 0.2) is 6.07 Å². The predicted molar refractivity (Wildman–Crippen MR) is 67.2 cm³/mol. The second-order valence-corrected chi connectivity index (χ2v) is 5.31. The van der Waals surface area contributed by atoms with Gasteiger partial charge in [-0.3, -0.25) is 9.48 Å². The Kier molecular flexibility index (Phi) is 3.28. The van der Waals surface area contributed by atoms with Gasteiger partial charge in [-0.05, 0) is 24.8 Å². The zero-order chi connectivity index (χ0) is 13.4. The quantitative estimate of drug-likeness (QED) is 0.851. The minimum absolute atomic E-state index is 0.000702. The van der Waals surface area contributed by atoms with E-state index in [0.717, 1.165) is 24.2 Å². The highest BCUT2D eigenvalue weighted by Gasteiger charge is 2.33. The zero-order valence-electron chi connectivity index (χ0n) is 11.1. The van der Waals surface area contributed by atoms with E-state index in [2.05, 4.69) is 5.10 Å². The van der Waals surface area contributed by atoms with Crippen molar-refractivity contribution in [2.45, 2.75) is 32.0 Å². The third-order valence-corrected chi connectivity index (χ3v) is 3.81. The number of hydrogen-bond acceptors (Lipinski definition) is 4. The third kappa shape index (κ3) is 2.50. The Hall–Kier alpha value is -1.40. The molecule has 1 aliphatic heterocycles. The molecule has 1 N–H and O–H groups in total. The molecule has 0 spiro atoms. The molecule has 1 atom stereocenters. The van der Waals surface area contributed by atoms with Gasteiger partial charge in [-0.15, -0.1) is 0 Å². The standard InChI is InChI=1S/C13H19N3O3/c1-19-8-12(17)15-4-5-16-10(7-15)6-11(14-16)13(18)9-2-3-9/h6,9,13,18H,2-5,7-8H2,1H3/t13-/m1/s1. The smallest absolute Gasteiger partial charge is 0.248 e. The van der Waals surface area contributed by atoms with Crippen LogP contribution < -0.4 is 0 Å². The van der Waals surface area contributed by atoms with Crippen LogP contribution in [0.5, 0.6) is 0 Å². The SMILES string of the molecule is COCC(=O)N1CCn2nc([C@H](O)C3CC3)cc2C1. The summed E-state index contributed by atoms with van der Waals surface area (Å²) in [5.74, 6) is 0.377. The van der Waals surface area contributed by atoms with Gasteiger partial charge in [-0.25, -0.2) is 0 Å². The van der Waals surface area contributed by atoms with Gasteiger partial charge in [0.15, 0.2) is 0 Å². The maximum absolute atomic E-state index is 11.8. The molecule has 0 aromatic carbocycles. The molecule has 1 aliphatic carbocycles. The largest absolute Gasteiger partial charge is 0.386 e. The average Bonchev–Trinajstić information content (AvgIpc) is 3.16. The second kappa shape index (κ2) is 4.94. The summed E-state index contributed by atoms with van der Waals surface area (Å²) in [5, 5.41) is 14.5. The number of rotatable bonds is 4. The van der Waals surface area contributed by atoms with Crippen molar-refractivity contribution in [1.82, 2.24) is 14.7 Å². The van der Waals surface area contributed by atoms with Gasteiger partial charge in [0.1, 0.15) is 12.7 Å². The van der Waals surface area contributed by atoms with Crippen LogP contribution in [0.4, 0.5) is 0 Å². The maximum atomic E-state index is 11.8. The molecule has 19 heavy (non-hydrogen) atoms. The number of fused-ring (bicyclic) bond motifs is 1. The van der Waals surface area contributed by atoms with Gasteiger partial charge in [-0.2, -0.15) is 5.10 Å². The minimum Gasteiger partial charge on any atom is -0.386 e. The lowest BCUT2D eigenvalue weighted by Crippen LogP contribution is -2.40. The van der Waals surface area contributed by atoms with Crippen molar-refractivity contribution in [1.29, 1.82) is 0 Å². The highest BCUT2D eigenvalue weighted by Crippen LogP contribution is 2.40. The number of methoxy groups -OCH3 is 1. The lowest BCUT2D eigenvalue weighted by molar-refractivity contribution is -0.136. The first-order valence-corrected chi connectivity index (χ1v) is 6.70. The molecule has 2 aliphatic rings. The summed E-state index contributed by atoms with van der Waals surface area (Å²) >= 11 is 0. The number of amides is 1. The molecule has 104 valence electrons. The van der Waals surface area contributed by atoms with Crippen LogP contribution in [0.3, 0.4) is 0 Å². The van der Waals surface area contributed by atoms with Gasteiger partial charge in [0, 0.05) is 13.7 Å². The fourth-order valence-corrected chi connectivity index (χ4v) is 2.51. The molecule has 6 heteroatoms. The van der Waals surface area contributed by atoms with Crippen LogP contribution in [0.1, 0.15) is 30.3 Å². The normalized spacial score (nSPS) is 20.2. The Morgan fingerprint density at radius 2 is 2.37 bits per heavy atom. The van der Waals surface area contributed by atoms with Gasteiger partial charge in [0.25, 0.3) is 0 Å². The first kappa shape index (κ1) is 12.6. The summed E-state index contributed by atoms with van der Waals surface area (Å²) in [6.07, 6.45) is 1.73. The second-order valence-electron chi connectivity index (χ2n) is 5.31. The van der Waals surface area contributed by atoms with E-state index in [-0.39, 0.29) is 12.5 Å². The first-order chi connectivity index (χ1) is 9.19. The van der Waals surface area contributed by atoms with Gasteiger partial charge in [0.05, 0.1) is 24.5 Å². The van der Waals surface area contributed by atoms with Crippen molar-refractivity contribution in [2.75, 3.05) is 20.3 Å². The van der Waals surface area contributed by atoms with Gasteiger partial charge in [0.2, 0.25) is 5.91 Å². The molecule has 1 fully saturated rings. The molecule has 3 rings (SSSR count). The van der Waals surface area contributed by atoms with E-state index >= 15 is 0 Å². The summed E-state index contributed by atoms with van der Waals surface area (Å²) in [4.78, 5) is 13.6. The number of aliphatic hydroxyl groups is 1. The number of carbonyl (C=O) groups is 1. The maximum Gasteiger partial charge on any atom is 0.248 e. The number of hydrogen-bond donors (Lipinski definition) is 1. The fraction of sp³-hybridized carbons (Fsp3) is 0.692. The topological polar surface area (TPSA) is 67.6 Å². The molecule has 1 saturated carbocycles. The van der Waals surface area contributed by atoms with E-state index in [0.29, 0.717) is 25.6 Å². The summed E-state index contributed by atoms with van der Waals surface area (Å²) in [6, 6.07) is 1.93. The van der Waals surface area contributed by atoms with Crippen LogP contribution in [-0.2, 0) is 22.6 Å². The summed E-state index contributed by atoms with van der Waals surface area (Å²) in [5.41, 5.74) is 1.74. The number of ether oxygens (including phenoxy) is 1. The van der Waals surface area contributed by atoms with Crippen molar-refractivity contribution in [3.05, 3.63) is 17.5 Å². The zero-order valence-corrected chi connectivity index (χ0v) is 11.1. The molecule has 1 aromatic rings. The third-order valence-electron chi connectivity index (χ3n) is 3.81. The monoisotopic (exact) mass is 265 g/mol. The molecule has 1 aromatic heterocycles. The molecule has 0 saturated heterocycles. The Morgan fingerprint density at radius 1 is 1.58 bits per heavy atom. The van der Waals surface area contributed by atoms with Gasteiger partial charge < -0.3 is 14.7 Å². The van der Waals surface area contributed by atoms with Crippen LogP contribution in [0.25, 0.3) is 0 Å². The van der Waals surface area contributed by atoms with E-state index < -0.39 is 6.10 Å². The van der Waals surface area contributed by atoms with Crippen molar-refractivity contribution < 1.29 is 14.6 Å². The number of nitrogens with zero attached hydrogens (tertiary/aromatic N) is 3. The molecule has 2 heterocycles. The Morgan fingerprint density at radius 3 is 3.05 bits per heavy atom.